The minimum absolute atomic E-state index is 0.125. The van der Waals surface area contributed by atoms with Crippen LogP contribution in [0.2, 0.25) is 65.0 Å². The van der Waals surface area contributed by atoms with Gasteiger partial charge < -0.3 is 23.2 Å². The molecule has 0 radical (unpaired) electrons. The molecule has 182 valence electrons. The van der Waals surface area contributed by atoms with Crippen LogP contribution in [0.15, 0.2) is 11.3 Å². The number of carbonyl (C=O) groups excluding carboxylic acids is 1. The van der Waals surface area contributed by atoms with Gasteiger partial charge in [0.2, 0.25) is 0 Å². The number of carboxylic acid groups (broad SMARTS) is 1. The van der Waals surface area contributed by atoms with Crippen LogP contribution in [0.3, 0.4) is 0 Å². The summed E-state index contributed by atoms with van der Waals surface area (Å²) in [7, 11) is -8.99. The van der Waals surface area contributed by atoms with Gasteiger partial charge in [0.1, 0.15) is 0 Å². The first kappa shape index (κ1) is 30.2. The first-order chi connectivity index (χ1) is 13.7. The van der Waals surface area contributed by atoms with Crippen LogP contribution in [-0.4, -0.2) is 62.3 Å². The number of carbonyl (C=O) groups is 2. The molecule has 0 fully saturated rings. The minimum atomic E-state index is -3.02. The number of hydrogen-bond acceptors (Lipinski definition) is 5. The molecule has 0 aliphatic carbocycles. The standard InChI is InChI=1S/C19H44N2O6Si4/c1-12-17(16(2)18(22)23)21(19(20)24)14-13-15-31(25-28(3,4)5,26-29(6,7)8)27-30(9,10)11/h12-15H2,1-11H3,(H2,20,24)(H,22,23). The summed E-state index contributed by atoms with van der Waals surface area (Å²) in [5, 5.41) is 9.38. The van der Waals surface area contributed by atoms with Gasteiger partial charge in [-0.05, 0) is 78.7 Å². The van der Waals surface area contributed by atoms with E-state index >= 15 is 0 Å². The minimum Gasteiger partial charge on any atom is -0.478 e. The molecule has 0 saturated heterocycles. The van der Waals surface area contributed by atoms with Crippen LogP contribution >= 0.6 is 0 Å². The molecule has 0 rings (SSSR count). The van der Waals surface area contributed by atoms with Gasteiger partial charge in [-0.1, -0.05) is 6.92 Å². The highest BCUT2D eigenvalue weighted by atomic mass is 28.5. The number of nitrogens with two attached hydrogens (primary N) is 1. The Hall–Kier alpha value is -0.772. The quantitative estimate of drug-likeness (QED) is 0.267. The summed E-state index contributed by atoms with van der Waals surface area (Å²) in [6.07, 6.45) is 0.941. The molecule has 0 aromatic heterocycles. The summed E-state index contributed by atoms with van der Waals surface area (Å²) in [6, 6.07) is -0.105. The zero-order valence-electron chi connectivity index (χ0n) is 21.3. The molecule has 8 nitrogen and oxygen atoms in total. The van der Waals surface area contributed by atoms with Crippen LogP contribution in [0.5, 0.6) is 0 Å². The number of primary amides is 1. The third kappa shape index (κ3) is 12.2. The lowest BCUT2D eigenvalue weighted by Gasteiger charge is -2.43. The maximum Gasteiger partial charge on any atom is 0.469 e. The highest BCUT2D eigenvalue weighted by Crippen LogP contribution is 2.30. The molecule has 31 heavy (non-hydrogen) atoms. The average molecular weight is 509 g/mol. The van der Waals surface area contributed by atoms with Crippen LogP contribution < -0.4 is 5.73 Å². The monoisotopic (exact) mass is 508 g/mol. The topological polar surface area (TPSA) is 111 Å². The molecule has 0 aliphatic rings. The zero-order valence-corrected chi connectivity index (χ0v) is 25.3. The molecule has 0 heterocycles. The van der Waals surface area contributed by atoms with E-state index < -0.39 is 45.8 Å². The maximum absolute atomic E-state index is 12.1. The Labute approximate surface area is 192 Å². The highest BCUT2D eigenvalue weighted by Gasteiger charge is 2.49. The summed E-state index contributed by atoms with van der Waals surface area (Å²) in [6.45, 7) is 22.7. The molecule has 0 atom stereocenters. The van der Waals surface area contributed by atoms with Crippen LogP contribution in [0.4, 0.5) is 4.79 Å². The fourth-order valence-electron chi connectivity index (χ4n) is 3.23. The molecule has 0 unspecified atom stereocenters. The van der Waals surface area contributed by atoms with E-state index in [1.807, 2.05) is 6.92 Å². The second kappa shape index (κ2) is 11.4. The van der Waals surface area contributed by atoms with Gasteiger partial charge in [0.25, 0.3) is 0 Å². The van der Waals surface area contributed by atoms with E-state index in [-0.39, 0.29) is 12.1 Å². The number of nitrogens with zero attached hydrogens (tertiary/aromatic N) is 1. The van der Waals surface area contributed by atoms with Gasteiger partial charge in [0, 0.05) is 18.3 Å². The van der Waals surface area contributed by atoms with Crippen LogP contribution in [0.25, 0.3) is 0 Å². The lowest BCUT2D eigenvalue weighted by molar-refractivity contribution is -0.132. The van der Waals surface area contributed by atoms with Crippen molar-refractivity contribution < 1.29 is 27.0 Å². The number of hydrogen-bond donors (Lipinski definition) is 2. The number of carboxylic acids is 1. The number of aliphatic carboxylic acids is 1. The molecular weight excluding hydrogens is 465 g/mol. The Morgan fingerprint density at radius 2 is 1.26 bits per heavy atom. The summed E-state index contributed by atoms with van der Waals surface area (Å²) in [5.41, 5.74) is 6.16. The first-order valence-electron chi connectivity index (χ1n) is 10.8. The van der Waals surface area contributed by atoms with Gasteiger partial charge >= 0.3 is 20.8 Å². The van der Waals surface area contributed by atoms with Gasteiger partial charge in [0.05, 0.1) is 5.57 Å². The van der Waals surface area contributed by atoms with E-state index in [9.17, 15) is 14.7 Å². The SMILES string of the molecule is CCC(=C(C)C(=O)O)N(CCC[Si](O[Si](C)(C)C)(O[Si](C)(C)C)O[Si](C)(C)C)C(N)=O. The molecule has 0 aromatic carbocycles. The smallest absolute Gasteiger partial charge is 0.469 e. The van der Waals surface area contributed by atoms with Gasteiger partial charge in [-0.15, -0.1) is 0 Å². The largest absolute Gasteiger partial charge is 0.478 e. The van der Waals surface area contributed by atoms with Gasteiger partial charge in [-0.3, -0.25) is 4.90 Å². The molecule has 0 bridgehead atoms. The fourth-order valence-corrected chi connectivity index (χ4v) is 17.9. The van der Waals surface area contributed by atoms with E-state index in [0.717, 1.165) is 0 Å². The summed E-state index contributed by atoms with van der Waals surface area (Å²) in [4.78, 5) is 24.9. The molecule has 3 N–H and O–H groups in total. The first-order valence-corrected chi connectivity index (χ1v) is 23.0. The van der Waals surface area contributed by atoms with Crippen LogP contribution in [0, 0.1) is 0 Å². The van der Waals surface area contributed by atoms with Gasteiger partial charge in [0.15, 0.2) is 25.0 Å². The van der Waals surface area contributed by atoms with Crippen molar-refractivity contribution in [1.29, 1.82) is 0 Å². The molecule has 0 aromatic rings. The van der Waals surface area contributed by atoms with Crippen molar-refractivity contribution in [1.82, 2.24) is 4.90 Å². The molecular formula is C19H44N2O6Si4. The Balaban J connectivity index is 5.95. The lowest BCUT2D eigenvalue weighted by atomic mass is 10.1. The number of allylic oxidation sites excluding steroid dienone is 1. The lowest BCUT2D eigenvalue weighted by Crippen LogP contribution is -2.60. The average Bonchev–Trinajstić information content (AvgIpc) is 2.48. The van der Waals surface area contributed by atoms with Crippen LogP contribution in [-0.2, 0) is 17.1 Å². The Bertz CT molecular complexity index is 625. The van der Waals surface area contributed by atoms with Crippen molar-refractivity contribution in [3.05, 3.63) is 11.3 Å². The normalized spacial score (nSPS) is 14.3. The fraction of sp³-hybridized carbons (Fsp3) is 0.789. The van der Waals surface area contributed by atoms with Crippen molar-refractivity contribution in [3.8, 4) is 0 Å². The van der Waals surface area contributed by atoms with Gasteiger partial charge in [-0.25, -0.2) is 9.59 Å². The maximum atomic E-state index is 12.1. The number of rotatable bonds is 13. The second-order valence-corrected chi connectivity index (χ2v) is 27.6. The highest BCUT2D eigenvalue weighted by molar-refractivity contribution is 6.90. The third-order valence-electron chi connectivity index (χ3n) is 3.93. The van der Waals surface area contributed by atoms with E-state index in [4.69, 9.17) is 18.1 Å². The summed E-state index contributed by atoms with van der Waals surface area (Å²) < 4.78 is 20.0. The van der Waals surface area contributed by atoms with E-state index in [2.05, 4.69) is 58.9 Å². The Morgan fingerprint density at radius 1 is 0.871 bits per heavy atom. The van der Waals surface area contributed by atoms with Crippen molar-refractivity contribution in [2.24, 2.45) is 5.73 Å². The Morgan fingerprint density at radius 3 is 1.52 bits per heavy atom. The molecule has 0 aliphatic heterocycles. The summed E-state index contributed by atoms with van der Waals surface area (Å²) in [5.74, 6) is -1.06. The second-order valence-electron chi connectivity index (χ2n) is 10.7. The number of amides is 2. The van der Waals surface area contributed by atoms with E-state index in [1.54, 1.807) is 0 Å². The molecule has 0 saturated carbocycles. The van der Waals surface area contributed by atoms with Crippen molar-refractivity contribution >= 4 is 45.8 Å². The van der Waals surface area contributed by atoms with E-state index in [0.29, 0.717) is 24.6 Å². The third-order valence-corrected chi connectivity index (χ3v) is 16.0. The summed E-state index contributed by atoms with van der Waals surface area (Å²) >= 11 is 0. The molecule has 0 spiro atoms. The molecule has 2 amide bonds. The molecule has 12 heteroatoms. The zero-order chi connectivity index (χ0) is 24.8. The van der Waals surface area contributed by atoms with Crippen molar-refractivity contribution in [2.75, 3.05) is 6.54 Å². The van der Waals surface area contributed by atoms with Crippen molar-refractivity contribution in [2.45, 2.75) is 91.7 Å². The Kier molecular flexibility index (Phi) is 11.1. The van der Waals surface area contributed by atoms with Crippen molar-refractivity contribution in [3.63, 3.8) is 0 Å². The van der Waals surface area contributed by atoms with E-state index in [1.165, 1.54) is 11.8 Å². The van der Waals surface area contributed by atoms with Gasteiger partial charge in [-0.2, -0.15) is 0 Å². The predicted molar refractivity (Wildman–Crippen MR) is 135 cm³/mol. The number of urea groups is 1. The van der Waals surface area contributed by atoms with Crippen LogP contribution in [0.1, 0.15) is 26.7 Å². The predicted octanol–water partition coefficient (Wildman–Crippen LogP) is 5.02.